The van der Waals surface area contributed by atoms with Crippen molar-refractivity contribution in [1.29, 1.82) is 0 Å². The first-order valence-corrected chi connectivity index (χ1v) is 5.83. The molecule has 0 spiro atoms. The molecule has 0 saturated heterocycles. The number of carbonyl (C=O) groups excluding carboxylic acids is 1. The number of rotatable bonds is 4. The molecule has 0 aliphatic rings. The molecule has 0 aliphatic heterocycles. The zero-order valence-corrected chi connectivity index (χ0v) is 11.3. The first-order chi connectivity index (χ1) is 7.95. The summed E-state index contributed by atoms with van der Waals surface area (Å²) < 4.78 is 4.97. The van der Waals surface area contributed by atoms with Crippen LogP contribution in [0.5, 0.6) is 0 Å². The molecule has 0 radical (unpaired) electrons. The van der Waals surface area contributed by atoms with Crippen LogP contribution in [-0.4, -0.2) is 19.1 Å². The Hall–Kier alpha value is -1.35. The summed E-state index contributed by atoms with van der Waals surface area (Å²) in [4.78, 5) is 11.6. The first-order valence-electron chi connectivity index (χ1n) is 5.83. The van der Waals surface area contributed by atoms with Crippen molar-refractivity contribution in [3.05, 3.63) is 34.4 Å². The summed E-state index contributed by atoms with van der Waals surface area (Å²) in [5.41, 5.74) is 4.87. The van der Waals surface area contributed by atoms with E-state index in [4.69, 9.17) is 4.74 Å². The average molecular weight is 235 g/mol. The van der Waals surface area contributed by atoms with Gasteiger partial charge in [0.25, 0.3) is 0 Å². The fraction of sp³-hybridized carbons (Fsp3) is 0.500. The van der Waals surface area contributed by atoms with Gasteiger partial charge in [0.1, 0.15) is 6.10 Å². The smallest absolute Gasteiger partial charge is 0.249 e. The van der Waals surface area contributed by atoms with Crippen LogP contribution in [0.25, 0.3) is 0 Å². The van der Waals surface area contributed by atoms with Crippen LogP contribution in [0.15, 0.2) is 12.1 Å². The Morgan fingerprint density at radius 1 is 1.29 bits per heavy atom. The summed E-state index contributed by atoms with van der Waals surface area (Å²) in [5.74, 6) is -0.0770. The van der Waals surface area contributed by atoms with Gasteiger partial charge in [0.2, 0.25) is 5.91 Å². The van der Waals surface area contributed by atoms with Gasteiger partial charge in [0, 0.05) is 13.7 Å². The van der Waals surface area contributed by atoms with E-state index in [9.17, 15) is 4.79 Å². The normalized spacial score (nSPS) is 12.3. The van der Waals surface area contributed by atoms with Crippen molar-refractivity contribution in [1.82, 2.24) is 5.32 Å². The van der Waals surface area contributed by atoms with Crippen molar-refractivity contribution < 1.29 is 9.53 Å². The van der Waals surface area contributed by atoms with Crippen molar-refractivity contribution in [3.8, 4) is 0 Å². The van der Waals surface area contributed by atoms with E-state index in [1.807, 2.05) is 0 Å². The minimum atomic E-state index is -0.402. The van der Waals surface area contributed by atoms with Crippen molar-refractivity contribution in [2.24, 2.45) is 0 Å². The SMILES string of the molecule is COC(C)C(=O)NCc1c(C)cc(C)cc1C. The molecule has 17 heavy (non-hydrogen) atoms. The standard InChI is InChI=1S/C14H21NO2/c1-9-6-10(2)13(11(3)7-9)8-15-14(16)12(4)17-5/h6-7,12H,8H2,1-5H3,(H,15,16). The van der Waals surface area contributed by atoms with E-state index < -0.39 is 6.10 Å². The minimum absolute atomic E-state index is 0.0770. The van der Waals surface area contributed by atoms with E-state index in [2.05, 4.69) is 38.2 Å². The second-order valence-electron chi connectivity index (χ2n) is 4.47. The number of benzene rings is 1. The average Bonchev–Trinajstić information content (AvgIpc) is 2.26. The molecule has 0 heterocycles. The lowest BCUT2D eigenvalue weighted by Gasteiger charge is -2.14. The number of hydrogen-bond donors (Lipinski definition) is 1. The zero-order valence-electron chi connectivity index (χ0n) is 11.3. The highest BCUT2D eigenvalue weighted by molar-refractivity contribution is 5.80. The van der Waals surface area contributed by atoms with Crippen LogP contribution >= 0.6 is 0 Å². The van der Waals surface area contributed by atoms with Crippen molar-refractivity contribution >= 4 is 5.91 Å². The molecule has 3 heteroatoms. The number of amides is 1. The van der Waals surface area contributed by atoms with Gasteiger partial charge in [-0.3, -0.25) is 4.79 Å². The van der Waals surface area contributed by atoms with E-state index in [1.54, 1.807) is 6.92 Å². The molecule has 1 amide bonds. The molecule has 3 nitrogen and oxygen atoms in total. The molecule has 0 fully saturated rings. The van der Waals surface area contributed by atoms with Gasteiger partial charge >= 0.3 is 0 Å². The number of methoxy groups -OCH3 is 1. The highest BCUT2D eigenvalue weighted by Gasteiger charge is 2.12. The predicted octanol–water partition coefficient (Wildman–Crippen LogP) is 2.26. The topological polar surface area (TPSA) is 38.3 Å². The van der Waals surface area contributed by atoms with Gasteiger partial charge in [0.15, 0.2) is 0 Å². The molecule has 1 atom stereocenters. The Morgan fingerprint density at radius 3 is 2.29 bits per heavy atom. The van der Waals surface area contributed by atoms with E-state index in [1.165, 1.54) is 29.4 Å². The van der Waals surface area contributed by atoms with Crippen LogP contribution in [0, 0.1) is 20.8 Å². The lowest BCUT2D eigenvalue weighted by molar-refractivity contribution is -0.130. The lowest BCUT2D eigenvalue weighted by Crippen LogP contribution is -2.33. The number of nitrogens with one attached hydrogen (secondary N) is 1. The molecule has 1 rings (SSSR count). The second-order valence-corrected chi connectivity index (χ2v) is 4.47. The molecular weight excluding hydrogens is 214 g/mol. The third-order valence-electron chi connectivity index (χ3n) is 3.00. The molecule has 94 valence electrons. The van der Waals surface area contributed by atoms with Crippen LogP contribution in [0.3, 0.4) is 0 Å². The van der Waals surface area contributed by atoms with Gasteiger partial charge in [-0.25, -0.2) is 0 Å². The first kappa shape index (κ1) is 13.7. The van der Waals surface area contributed by atoms with E-state index in [0.717, 1.165) is 0 Å². The third kappa shape index (κ3) is 3.56. The van der Waals surface area contributed by atoms with Gasteiger partial charge in [0.05, 0.1) is 0 Å². The predicted molar refractivity (Wildman–Crippen MR) is 69.0 cm³/mol. The lowest BCUT2D eigenvalue weighted by atomic mass is 10.00. The Balaban J connectivity index is 2.73. The molecular formula is C14H21NO2. The Bertz CT molecular complexity index is 390. The van der Waals surface area contributed by atoms with Crippen LogP contribution in [0.1, 0.15) is 29.2 Å². The summed E-state index contributed by atoms with van der Waals surface area (Å²) in [6.07, 6.45) is -0.402. The second kappa shape index (κ2) is 5.82. The highest BCUT2D eigenvalue weighted by Crippen LogP contribution is 2.16. The summed E-state index contributed by atoms with van der Waals surface area (Å²) in [5, 5.41) is 2.89. The van der Waals surface area contributed by atoms with E-state index >= 15 is 0 Å². The quantitative estimate of drug-likeness (QED) is 0.869. The van der Waals surface area contributed by atoms with Gasteiger partial charge in [-0.1, -0.05) is 17.7 Å². The van der Waals surface area contributed by atoms with E-state index in [0.29, 0.717) is 6.54 Å². The van der Waals surface area contributed by atoms with Gasteiger partial charge in [-0.15, -0.1) is 0 Å². The van der Waals surface area contributed by atoms with Gasteiger partial charge in [-0.05, 0) is 44.4 Å². The maximum atomic E-state index is 11.6. The summed E-state index contributed by atoms with van der Waals surface area (Å²) in [7, 11) is 1.53. The highest BCUT2D eigenvalue weighted by atomic mass is 16.5. The number of ether oxygens (including phenoxy) is 1. The monoisotopic (exact) mass is 235 g/mol. The fourth-order valence-corrected chi connectivity index (χ4v) is 1.92. The minimum Gasteiger partial charge on any atom is -0.372 e. The van der Waals surface area contributed by atoms with Crippen LogP contribution < -0.4 is 5.32 Å². The number of aryl methyl sites for hydroxylation is 3. The Labute approximate surface area is 103 Å². The zero-order chi connectivity index (χ0) is 13.0. The molecule has 0 bridgehead atoms. The Morgan fingerprint density at radius 2 is 1.82 bits per heavy atom. The largest absolute Gasteiger partial charge is 0.372 e. The molecule has 1 unspecified atom stereocenters. The van der Waals surface area contributed by atoms with Crippen molar-refractivity contribution in [3.63, 3.8) is 0 Å². The summed E-state index contributed by atoms with van der Waals surface area (Å²) >= 11 is 0. The molecule has 1 aromatic rings. The van der Waals surface area contributed by atoms with Crippen molar-refractivity contribution in [2.45, 2.75) is 40.3 Å². The van der Waals surface area contributed by atoms with E-state index in [-0.39, 0.29) is 5.91 Å². The maximum Gasteiger partial charge on any atom is 0.249 e. The van der Waals surface area contributed by atoms with Gasteiger partial charge in [-0.2, -0.15) is 0 Å². The molecule has 1 aromatic carbocycles. The molecule has 0 aliphatic carbocycles. The molecule has 0 saturated carbocycles. The van der Waals surface area contributed by atoms with Crippen LogP contribution in [0.4, 0.5) is 0 Å². The molecule has 1 N–H and O–H groups in total. The van der Waals surface area contributed by atoms with Crippen LogP contribution in [-0.2, 0) is 16.1 Å². The maximum absolute atomic E-state index is 11.6. The fourth-order valence-electron chi connectivity index (χ4n) is 1.92. The number of hydrogen-bond acceptors (Lipinski definition) is 2. The van der Waals surface area contributed by atoms with Crippen LogP contribution in [0.2, 0.25) is 0 Å². The Kier molecular flexibility index (Phi) is 4.70. The third-order valence-corrected chi connectivity index (χ3v) is 3.00. The number of carbonyl (C=O) groups is 1. The summed E-state index contributed by atoms with van der Waals surface area (Å²) in [6, 6.07) is 4.27. The van der Waals surface area contributed by atoms with Crippen molar-refractivity contribution in [2.75, 3.05) is 7.11 Å². The molecule has 0 aromatic heterocycles. The van der Waals surface area contributed by atoms with Gasteiger partial charge < -0.3 is 10.1 Å². The summed E-state index contributed by atoms with van der Waals surface area (Å²) in [6.45, 7) is 8.52.